The SMILES string of the molecule is CCCC(c1nnnn1CC1CCCO1)N(Cc1cccnc1)Cc1cc2cc(C)ccc2[nH]c1=O. The van der Waals surface area contributed by atoms with Crippen LogP contribution in [0.1, 0.15) is 61.2 Å². The molecule has 1 N–H and O–H groups in total. The summed E-state index contributed by atoms with van der Waals surface area (Å²) in [7, 11) is 0. The standard InChI is InChI=1S/C27H33N7O2/c1-3-6-25(26-30-31-32-34(26)18-23-8-5-12-36-23)33(16-20-7-4-11-28-15-20)17-22-14-21-13-19(2)9-10-24(21)29-27(22)35/h4,7,9-11,13-15,23,25H,3,5-6,8,12,16-18H2,1-2H3,(H,29,35). The number of benzene rings is 1. The van der Waals surface area contributed by atoms with E-state index in [2.05, 4.69) is 56.4 Å². The molecule has 4 aromatic rings. The monoisotopic (exact) mass is 487 g/mol. The topological polar surface area (TPSA) is 102 Å². The first-order valence-electron chi connectivity index (χ1n) is 12.7. The molecule has 2 unspecified atom stereocenters. The average Bonchev–Trinajstić information content (AvgIpc) is 3.56. The Labute approximate surface area is 210 Å². The van der Waals surface area contributed by atoms with Crippen molar-refractivity contribution in [3.8, 4) is 0 Å². The van der Waals surface area contributed by atoms with Crippen LogP contribution in [0.25, 0.3) is 10.9 Å². The molecular formula is C27H33N7O2. The van der Waals surface area contributed by atoms with Crippen LogP contribution < -0.4 is 5.56 Å². The third kappa shape index (κ3) is 5.52. The molecule has 0 radical (unpaired) electrons. The Morgan fingerprint density at radius 1 is 1.25 bits per heavy atom. The molecule has 1 fully saturated rings. The molecule has 188 valence electrons. The van der Waals surface area contributed by atoms with Crippen molar-refractivity contribution in [1.29, 1.82) is 0 Å². The van der Waals surface area contributed by atoms with Gasteiger partial charge in [0.25, 0.3) is 5.56 Å². The summed E-state index contributed by atoms with van der Waals surface area (Å²) in [6, 6.07) is 12.0. The largest absolute Gasteiger partial charge is 0.376 e. The Kier molecular flexibility index (Phi) is 7.48. The highest BCUT2D eigenvalue weighted by Gasteiger charge is 2.28. The number of nitrogens with zero attached hydrogens (tertiary/aromatic N) is 6. The molecule has 9 nitrogen and oxygen atoms in total. The maximum atomic E-state index is 13.1. The van der Waals surface area contributed by atoms with Crippen LogP contribution in [0.15, 0.2) is 53.6 Å². The molecule has 0 bridgehead atoms. The van der Waals surface area contributed by atoms with E-state index in [9.17, 15) is 4.79 Å². The predicted octanol–water partition coefficient (Wildman–Crippen LogP) is 3.94. The van der Waals surface area contributed by atoms with Crippen molar-refractivity contribution < 1.29 is 4.74 Å². The van der Waals surface area contributed by atoms with Crippen LogP contribution in [0.4, 0.5) is 0 Å². The van der Waals surface area contributed by atoms with Crippen molar-refractivity contribution in [2.75, 3.05) is 6.61 Å². The minimum absolute atomic E-state index is 0.0702. The fraction of sp³-hybridized carbons (Fsp3) is 0.444. The zero-order valence-corrected chi connectivity index (χ0v) is 20.9. The number of pyridine rings is 2. The quantitative estimate of drug-likeness (QED) is 0.361. The molecule has 36 heavy (non-hydrogen) atoms. The lowest BCUT2D eigenvalue weighted by Crippen LogP contribution is -2.33. The van der Waals surface area contributed by atoms with E-state index in [-0.39, 0.29) is 17.7 Å². The molecule has 2 atom stereocenters. The van der Waals surface area contributed by atoms with Gasteiger partial charge in [-0.1, -0.05) is 31.0 Å². The normalized spacial score (nSPS) is 16.7. The summed E-state index contributed by atoms with van der Waals surface area (Å²) in [6.07, 6.45) is 7.68. The highest BCUT2D eigenvalue weighted by Crippen LogP contribution is 2.28. The number of aromatic nitrogens is 6. The molecule has 1 aromatic carbocycles. The number of rotatable bonds is 10. The van der Waals surface area contributed by atoms with E-state index in [1.165, 1.54) is 0 Å². The van der Waals surface area contributed by atoms with Gasteiger partial charge < -0.3 is 9.72 Å². The van der Waals surface area contributed by atoms with Gasteiger partial charge >= 0.3 is 0 Å². The van der Waals surface area contributed by atoms with E-state index in [1.807, 2.05) is 35.1 Å². The fourth-order valence-electron chi connectivity index (χ4n) is 5.02. The average molecular weight is 488 g/mol. The molecule has 0 amide bonds. The second-order valence-electron chi connectivity index (χ2n) is 9.64. The number of fused-ring (bicyclic) bond motifs is 1. The Morgan fingerprint density at radius 3 is 2.94 bits per heavy atom. The molecule has 5 rings (SSSR count). The summed E-state index contributed by atoms with van der Waals surface area (Å²) in [4.78, 5) is 22.8. The van der Waals surface area contributed by atoms with Crippen LogP contribution in [0.2, 0.25) is 0 Å². The Bertz CT molecular complexity index is 1350. The van der Waals surface area contributed by atoms with Crippen molar-refractivity contribution in [3.63, 3.8) is 0 Å². The minimum atomic E-state index is -0.0725. The molecular weight excluding hydrogens is 454 g/mol. The van der Waals surface area contributed by atoms with E-state index in [1.54, 1.807) is 6.20 Å². The van der Waals surface area contributed by atoms with Gasteiger partial charge in [-0.2, -0.15) is 0 Å². The Hall–Kier alpha value is -3.43. The van der Waals surface area contributed by atoms with Gasteiger partial charge in [-0.05, 0) is 71.8 Å². The van der Waals surface area contributed by atoms with Gasteiger partial charge in [-0.15, -0.1) is 5.10 Å². The fourth-order valence-corrected chi connectivity index (χ4v) is 5.02. The maximum absolute atomic E-state index is 13.1. The van der Waals surface area contributed by atoms with Crippen LogP contribution >= 0.6 is 0 Å². The molecule has 0 aliphatic carbocycles. The van der Waals surface area contributed by atoms with Gasteiger partial charge in [0.15, 0.2) is 5.82 Å². The van der Waals surface area contributed by atoms with E-state index in [0.717, 1.165) is 65.7 Å². The minimum Gasteiger partial charge on any atom is -0.376 e. The Morgan fingerprint density at radius 2 is 2.17 bits per heavy atom. The van der Waals surface area contributed by atoms with Crippen molar-refractivity contribution >= 4 is 10.9 Å². The van der Waals surface area contributed by atoms with Gasteiger partial charge in [0.2, 0.25) is 0 Å². The summed E-state index contributed by atoms with van der Waals surface area (Å²) >= 11 is 0. The molecule has 9 heteroatoms. The van der Waals surface area contributed by atoms with Crippen LogP contribution in [-0.4, -0.2) is 47.8 Å². The second-order valence-corrected chi connectivity index (χ2v) is 9.64. The molecule has 3 aromatic heterocycles. The predicted molar refractivity (Wildman–Crippen MR) is 137 cm³/mol. The van der Waals surface area contributed by atoms with Crippen molar-refractivity contribution in [2.45, 2.75) is 71.3 Å². The zero-order valence-electron chi connectivity index (χ0n) is 20.9. The molecule has 4 heterocycles. The van der Waals surface area contributed by atoms with Gasteiger partial charge in [0.05, 0.1) is 18.7 Å². The second kappa shape index (κ2) is 11.1. The van der Waals surface area contributed by atoms with Gasteiger partial charge in [-0.3, -0.25) is 14.7 Å². The van der Waals surface area contributed by atoms with E-state index in [4.69, 9.17) is 4.74 Å². The first kappa shape index (κ1) is 24.3. The number of ether oxygens (including phenoxy) is 1. The zero-order chi connectivity index (χ0) is 24.9. The molecule has 0 spiro atoms. The number of nitrogens with one attached hydrogen (secondary N) is 1. The maximum Gasteiger partial charge on any atom is 0.252 e. The summed E-state index contributed by atoms with van der Waals surface area (Å²) in [6.45, 7) is 6.73. The van der Waals surface area contributed by atoms with Crippen LogP contribution in [-0.2, 0) is 24.4 Å². The molecule has 1 aliphatic rings. The van der Waals surface area contributed by atoms with E-state index in [0.29, 0.717) is 19.6 Å². The van der Waals surface area contributed by atoms with E-state index < -0.39 is 0 Å². The number of hydrogen-bond acceptors (Lipinski definition) is 7. The third-order valence-electron chi connectivity index (χ3n) is 6.82. The summed E-state index contributed by atoms with van der Waals surface area (Å²) < 4.78 is 7.74. The summed E-state index contributed by atoms with van der Waals surface area (Å²) in [5.74, 6) is 0.810. The number of tetrazole rings is 1. The third-order valence-corrected chi connectivity index (χ3v) is 6.82. The number of aryl methyl sites for hydroxylation is 1. The lowest BCUT2D eigenvalue weighted by Gasteiger charge is -2.31. The van der Waals surface area contributed by atoms with Gasteiger partial charge in [0, 0.05) is 43.2 Å². The van der Waals surface area contributed by atoms with Crippen molar-refractivity contribution in [2.24, 2.45) is 0 Å². The highest BCUT2D eigenvalue weighted by atomic mass is 16.5. The lowest BCUT2D eigenvalue weighted by molar-refractivity contribution is 0.0885. The lowest BCUT2D eigenvalue weighted by atomic mass is 10.1. The molecule has 1 saturated heterocycles. The smallest absolute Gasteiger partial charge is 0.252 e. The summed E-state index contributed by atoms with van der Waals surface area (Å²) in [5, 5.41) is 13.8. The van der Waals surface area contributed by atoms with Gasteiger partial charge in [-0.25, -0.2) is 4.68 Å². The Balaban J connectivity index is 1.51. The van der Waals surface area contributed by atoms with Crippen molar-refractivity contribution in [1.82, 2.24) is 35.1 Å². The molecule has 1 aliphatic heterocycles. The first-order chi connectivity index (χ1) is 17.6. The van der Waals surface area contributed by atoms with Crippen molar-refractivity contribution in [3.05, 3.63) is 81.7 Å². The number of H-pyrrole nitrogens is 1. The van der Waals surface area contributed by atoms with Crippen LogP contribution in [0, 0.1) is 6.92 Å². The molecule has 0 saturated carbocycles. The number of aromatic amines is 1. The highest BCUT2D eigenvalue weighted by molar-refractivity contribution is 5.79. The number of hydrogen-bond donors (Lipinski definition) is 1. The van der Waals surface area contributed by atoms with Crippen LogP contribution in [0.3, 0.4) is 0 Å². The first-order valence-corrected chi connectivity index (χ1v) is 12.7. The summed E-state index contributed by atoms with van der Waals surface area (Å²) in [5.41, 5.74) is 3.72. The van der Waals surface area contributed by atoms with E-state index >= 15 is 0 Å². The van der Waals surface area contributed by atoms with Crippen LogP contribution in [0.5, 0.6) is 0 Å². The van der Waals surface area contributed by atoms with Gasteiger partial charge in [0.1, 0.15) is 0 Å².